The molecule has 0 saturated carbocycles. The maximum atomic E-state index is 11.9. The number of hydrogen-bond acceptors (Lipinski definition) is 4. The second kappa shape index (κ2) is 7.48. The quantitative estimate of drug-likeness (QED) is 0.689. The van der Waals surface area contributed by atoms with Crippen molar-refractivity contribution >= 4 is 17.5 Å². The normalized spacial score (nSPS) is 11.0. The fourth-order valence-electron chi connectivity index (χ4n) is 1.31. The van der Waals surface area contributed by atoms with E-state index in [9.17, 15) is 22.8 Å². The molecule has 0 unspecified atom stereocenters. The Kier molecular flexibility index (Phi) is 5.97. The summed E-state index contributed by atoms with van der Waals surface area (Å²) in [5.74, 6) is -0.852. The number of amides is 2. The molecule has 0 aliphatic rings. The van der Waals surface area contributed by atoms with Gasteiger partial charge in [0.25, 0.3) is 5.91 Å². The van der Waals surface area contributed by atoms with Gasteiger partial charge in [0.2, 0.25) is 5.91 Å². The second-order valence-corrected chi connectivity index (χ2v) is 4.05. The van der Waals surface area contributed by atoms with Crippen molar-refractivity contribution in [2.24, 2.45) is 5.73 Å². The number of anilines is 1. The molecule has 116 valence electrons. The predicted molar refractivity (Wildman–Crippen MR) is 68.7 cm³/mol. The van der Waals surface area contributed by atoms with E-state index in [4.69, 9.17) is 10.5 Å². The van der Waals surface area contributed by atoms with Gasteiger partial charge in [-0.15, -0.1) is 0 Å². The van der Waals surface area contributed by atoms with Gasteiger partial charge in [0.1, 0.15) is 5.75 Å². The number of alkyl halides is 3. The molecule has 6 nitrogen and oxygen atoms in total. The molecule has 0 aliphatic carbocycles. The molecule has 0 spiro atoms. The third-order valence-corrected chi connectivity index (χ3v) is 2.13. The van der Waals surface area contributed by atoms with Crippen LogP contribution in [0.5, 0.6) is 5.75 Å². The number of halogens is 3. The molecule has 0 heterocycles. The number of hydrogen-bond donors (Lipinski definition) is 3. The summed E-state index contributed by atoms with van der Waals surface area (Å²) in [5.41, 5.74) is 5.29. The van der Waals surface area contributed by atoms with Crippen LogP contribution < -0.4 is 21.1 Å². The number of benzene rings is 1. The lowest BCUT2D eigenvalue weighted by Gasteiger charge is -2.09. The zero-order valence-electron chi connectivity index (χ0n) is 10.9. The summed E-state index contributed by atoms with van der Waals surface area (Å²) in [4.78, 5) is 21.9. The van der Waals surface area contributed by atoms with E-state index >= 15 is 0 Å². The summed E-state index contributed by atoms with van der Waals surface area (Å²) in [6, 6.07) is 5.94. The van der Waals surface area contributed by atoms with Crippen LogP contribution >= 0.6 is 0 Å². The van der Waals surface area contributed by atoms with E-state index < -0.39 is 31.1 Å². The van der Waals surface area contributed by atoms with Crippen molar-refractivity contribution in [3.8, 4) is 5.75 Å². The van der Waals surface area contributed by atoms with Gasteiger partial charge in [0.05, 0.1) is 13.1 Å². The summed E-state index contributed by atoms with van der Waals surface area (Å²) in [6.07, 6.45) is -4.36. The van der Waals surface area contributed by atoms with Crippen LogP contribution in [0.1, 0.15) is 0 Å². The number of carbonyl (C=O) groups is 2. The SMILES string of the molecule is NC(=O)COc1ccc(NC(=O)CNCC(F)(F)F)cc1. The molecule has 2 amide bonds. The molecule has 0 aromatic heterocycles. The minimum absolute atomic E-state index is 0.271. The van der Waals surface area contributed by atoms with Crippen LogP contribution in [0.2, 0.25) is 0 Å². The molecule has 21 heavy (non-hydrogen) atoms. The number of ether oxygens (including phenoxy) is 1. The second-order valence-electron chi connectivity index (χ2n) is 4.05. The molecule has 4 N–H and O–H groups in total. The maximum absolute atomic E-state index is 11.9. The Hall–Kier alpha value is -2.29. The number of nitrogens with two attached hydrogens (primary N) is 1. The molecule has 1 aromatic rings. The first-order chi connectivity index (χ1) is 9.76. The van der Waals surface area contributed by atoms with Crippen molar-refractivity contribution in [2.75, 3.05) is 25.0 Å². The highest BCUT2D eigenvalue weighted by molar-refractivity contribution is 5.92. The molecule has 0 bridgehead atoms. The summed E-state index contributed by atoms with van der Waals surface area (Å²) in [6.45, 7) is -1.97. The van der Waals surface area contributed by atoms with Crippen molar-refractivity contribution in [2.45, 2.75) is 6.18 Å². The zero-order valence-corrected chi connectivity index (χ0v) is 10.9. The van der Waals surface area contributed by atoms with E-state index in [2.05, 4.69) is 5.32 Å². The average Bonchev–Trinajstić information content (AvgIpc) is 2.36. The lowest BCUT2D eigenvalue weighted by molar-refractivity contribution is -0.127. The lowest BCUT2D eigenvalue weighted by Crippen LogP contribution is -2.35. The first kappa shape index (κ1) is 16.8. The molecule has 0 saturated heterocycles. The summed E-state index contributed by atoms with van der Waals surface area (Å²) in [7, 11) is 0. The van der Waals surface area contributed by atoms with Crippen LogP contribution in [0.15, 0.2) is 24.3 Å². The van der Waals surface area contributed by atoms with E-state index in [1.165, 1.54) is 24.3 Å². The molecule has 0 aliphatic heterocycles. The topological polar surface area (TPSA) is 93.5 Å². The van der Waals surface area contributed by atoms with Crippen LogP contribution in [-0.4, -0.2) is 37.7 Å². The molecule has 9 heteroatoms. The lowest BCUT2D eigenvalue weighted by atomic mass is 10.3. The Balaban J connectivity index is 2.37. The Bertz CT molecular complexity index is 489. The van der Waals surface area contributed by atoms with Gasteiger partial charge in [0, 0.05) is 5.69 Å². The van der Waals surface area contributed by atoms with Crippen molar-refractivity contribution in [1.82, 2.24) is 5.32 Å². The van der Waals surface area contributed by atoms with Crippen molar-refractivity contribution < 1.29 is 27.5 Å². The van der Waals surface area contributed by atoms with Gasteiger partial charge in [-0.3, -0.25) is 9.59 Å². The van der Waals surface area contributed by atoms with E-state index in [1.807, 2.05) is 5.32 Å². The van der Waals surface area contributed by atoms with Crippen molar-refractivity contribution in [1.29, 1.82) is 0 Å². The Labute approximate surface area is 118 Å². The number of nitrogens with one attached hydrogen (secondary N) is 2. The van der Waals surface area contributed by atoms with Gasteiger partial charge < -0.3 is 21.1 Å². The fourth-order valence-corrected chi connectivity index (χ4v) is 1.31. The number of rotatable bonds is 7. The highest BCUT2D eigenvalue weighted by Crippen LogP contribution is 2.15. The summed E-state index contributed by atoms with van der Waals surface area (Å²) < 4.78 is 40.6. The van der Waals surface area contributed by atoms with E-state index in [0.717, 1.165) is 0 Å². The molecule has 0 fully saturated rings. The van der Waals surface area contributed by atoms with Crippen LogP contribution in [0.25, 0.3) is 0 Å². The van der Waals surface area contributed by atoms with E-state index in [1.54, 1.807) is 0 Å². The van der Waals surface area contributed by atoms with Crippen LogP contribution in [0.3, 0.4) is 0 Å². The Morgan fingerprint density at radius 2 is 1.81 bits per heavy atom. The van der Waals surface area contributed by atoms with Gasteiger partial charge in [-0.2, -0.15) is 13.2 Å². The molecular weight excluding hydrogens is 291 g/mol. The van der Waals surface area contributed by atoms with E-state index in [0.29, 0.717) is 11.4 Å². The molecular formula is C12H14F3N3O3. The first-order valence-electron chi connectivity index (χ1n) is 5.85. The number of primary amides is 1. The summed E-state index contributed by atoms with van der Waals surface area (Å²) >= 11 is 0. The van der Waals surface area contributed by atoms with E-state index in [-0.39, 0.29) is 6.61 Å². The molecule has 0 atom stereocenters. The Morgan fingerprint density at radius 3 is 2.33 bits per heavy atom. The standard InChI is InChI=1S/C12H14F3N3O3/c13-12(14,15)7-17-5-11(20)18-8-1-3-9(4-2-8)21-6-10(16)19/h1-4,17H,5-7H2,(H2,16,19)(H,18,20). The predicted octanol–water partition coefficient (Wildman–Crippen LogP) is 0.641. The Morgan fingerprint density at radius 1 is 1.19 bits per heavy atom. The minimum Gasteiger partial charge on any atom is -0.484 e. The highest BCUT2D eigenvalue weighted by Gasteiger charge is 2.26. The van der Waals surface area contributed by atoms with Gasteiger partial charge in [-0.1, -0.05) is 0 Å². The fraction of sp³-hybridized carbons (Fsp3) is 0.333. The number of carbonyl (C=O) groups excluding carboxylic acids is 2. The minimum atomic E-state index is -4.36. The van der Waals surface area contributed by atoms with Gasteiger partial charge in [-0.05, 0) is 24.3 Å². The van der Waals surface area contributed by atoms with Crippen molar-refractivity contribution in [3.05, 3.63) is 24.3 Å². The van der Waals surface area contributed by atoms with Gasteiger partial charge >= 0.3 is 6.18 Å². The summed E-state index contributed by atoms with van der Waals surface area (Å²) in [5, 5.41) is 4.38. The van der Waals surface area contributed by atoms with Crippen LogP contribution in [0, 0.1) is 0 Å². The first-order valence-corrected chi connectivity index (χ1v) is 5.85. The molecule has 1 rings (SSSR count). The third kappa shape index (κ3) is 7.78. The zero-order chi connectivity index (χ0) is 15.9. The average molecular weight is 305 g/mol. The smallest absolute Gasteiger partial charge is 0.401 e. The largest absolute Gasteiger partial charge is 0.484 e. The highest BCUT2D eigenvalue weighted by atomic mass is 19.4. The van der Waals surface area contributed by atoms with Gasteiger partial charge in [-0.25, -0.2) is 0 Å². The maximum Gasteiger partial charge on any atom is 0.401 e. The molecule has 0 radical (unpaired) electrons. The van der Waals surface area contributed by atoms with Crippen LogP contribution in [0.4, 0.5) is 18.9 Å². The van der Waals surface area contributed by atoms with Crippen LogP contribution in [-0.2, 0) is 9.59 Å². The van der Waals surface area contributed by atoms with Gasteiger partial charge in [0.15, 0.2) is 6.61 Å². The molecule has 1 aromatic carbocycles. The monoisotopic (exact) mass is 305 g/mol. The van der Waals surface area contributed by atoms with Crippen molar-refractivity contribution in [3.63, 3.8) is 0 Å². The third-order valence-electron chi connectivity index (χ3n) is 2.13.